The molecule has 1 saturated carbocycles. The van der Waals surface area contributed by atoms with Gasteiger partial charge in [0.2, 0.25) is 0 Å². The van der Waals surface area contributed by atoms with Gasteiger partial charge in [-0.15, -0.1) is 0 Å². The van der Waals surface area contributed by atoms with Crippen LogP contribution in [-0.2, 0) is 9.22 Å². The van der Waals surface area contributed by atoms with E-state index in [1.165, 1.54) is 11.8 Å². The van der Waals surface area contributed by atoms with Gasteiger partial charge in [0.1, 0.15) is 0 Å². The summed E-state index contributed by atoms with van der Waals surface area (Å²) in [5.41, 5.74) is 0. The average Bonchev–Trinajstić information content (AvgIpc) is 2.63. The van der Waals surface area contributed by atoms with Gasteiger partial charge < -0.3 is 4.43 Å². The summed E-state index contributed by atoms with van der Waals surface area (Å²) in [4.78, 5) is 12.1. The molecule has 18 heavy (non-hydrogen) atoms. The third-order valence-corrected chi connectivity index (χ3v) is 9.67. The molecule has 0 bridgehead atoms. The Kier molecular flexibility index (Phi) is 5.51. The van der Waals surface area contributed by atoms with Crippen molar-refractivity contribution in [3.05, 3.63) is 0 Å². The fraction of sp³-hybridized carbons (Fsp3) is 0.929. The fourth-order valence-corrected chi connectivity index (χ4v) is 4.30. The minimum atomic E-state index is -1.74. The zero-order valence-corrected chi connectivity index (χ0v) is 14.5. The van der Waals surface area contributed by atoms with Crippen molar-refractivity contribution in [1.29, 1.82) is 0 Å². The second kappa shape index (κ2) is 6.10. The van der Waals surface area contributed by atoms with E-state index in [0.717, 1.165) is 25.0 Å². The van der Waals surface area contributed by atoms with Crippen molar-refractivity contribution in [3.63, 3.8) is 0 Å². The number of carbonyl (C=O) groups excluding carboxylic acids is 1. The number of thioether (sulfide) groups is 1. The van der Waals surface area contributed by atoms with Crippen LogP contribution in [0.4, 0.5) is 0 Å². The van der Waals surface area contributed by atoms with Gasteiger partial charge >= 0.3 is 0 Å². The van der Waals surface area contributed by atoms with E-state index in [2.05, 4.69) is 33.9 Å². The van der Waals surface area contributed by atoms with Crippen LogP contribution in [0.2, 0.25) is 18.1 Å². The Hall–Kier alpha value is 0.197. The Morgan fingerprint density at radius 1 is 1.33 bits per heavy atom. The van der Waals surface area contributed by atoms with E-state index < -0.39 is 8.32 Å². The molecule has 0 aromatic heterocycles. The van der Waals surface area contributed by atoms with E-state index in [0.29, 0.717) is 5.12 Å². The maximum Gasteiger partial charge on any atom is 0.194 e. The third kappa shape index (κ3) is 3.84. The molecule has 1 rings (SSSR count). The molecule has 1 fully saturated rings. The van der Waals surface area contributed by atoms with Crippen LogP contribution in [0, 0.1) is 5.92 Å². The molecule has 1 unspecified atom stereocenters. The molecule has 0 aromatic rings. The highest BCUT2D eigenvalue weighted by Crippen LogP contribution is 2.41. The van der Waals surface area contributed by atoms with E-state index in [-0.39, 0.29) is 17.1 Å². The smallest absolute Gasteiger partial charge is 0.194 e. The first-order valence-electron chi connectivity index (χ1n) is 7.03. The molecule has 106 valence electrons. The summed E-state index contributed by atoms with van der Waals surface area (Å²) in [6.45, 7) is 13.4. The molecule has 0 aromatic carbocycles. The molecule has 2 nitrogen and oxygen atoms in total. The van der Waals surface area contributed by atoms with Crippen molar-refractivity contribution < 1.29 is 9.22 Å². The Labute approximate surface area is 117 Å². The van der Waals surface area contributed by atoms with Gasteiger partial charge in [0, 0.05) is 0 Å². The lowest BCUT2D eigenvalue weighted by molar-refractivity contribution is -0.116. The molecule has 0 saturated heterocycles. The first-order valence-corrected chi connectivity index (χ1v) is 10.9. The summed E-state index contributed by atoms with van der Waals surface area (Å²) in [7, 11) is -1.74. The molecular weight excluding hydrogens is 260 g/mol. The number of carbonyl (C=O) groups is 1. The highest BCUT2D eigenvalue weighted by Gasteiger charge is 2.43. The normalized spacial score (nSPS) is 25.4. The molecule has 4 heteroatoms. The quantitative estimate of drug-likeness (QED) is 0.715. The van der Waals surface area contributed by atoms with Gasteiger partial charge in [0.15, 0.2) is 13.4 Å². The summed E-state index contributed by atoms with van der Waals surface area (Å²) >= 11 is 1.46. The predicted octanol–water partition coefficient (Wildman–Crippen LogP) is 4.46. The van der Waals surface area contributed by atoms with Crippen LogP contribution in [0.15, 0.2) is 0 Å². The summed E-state index contributed by atoms with van der Waals surface area (Å²) < 4.78 is 6.45. The summed E-state index contributed by atoms with van der Waals surface area (Å²) in [6, 6.07) is 0. The molecule has 0 spiro atoms. The fourth-order valence-electron chi connectivity index (χ4n) is 2.14. The highest BCUT2D eigenvalue weighted by molar-refractivity contribution is 8.13. The van der Waals surface area contributed by atoms with Crippen LogP contribution in [0.5, 0.6) is 0 Å². The Morgan fingerprint density at radius 3 is 2.44 bits per heavy atom. The first kappa shape index (κ1) is 16.3. The largest absolute Gasteiger partial charge is 0.413 e. The van der Waals surface area contributed by atoms with Gasteiger partial charge in [-0.25, -0.2) is 0 Å². The molecule has 0 radical (unpaired) electrons. The second-order valence-corrected chi connectivity index (χ2v) is 12.7. The Bertz CT molecular complexity index is 297. The monoisotopic (exact) mass is 288 g/mol. The zero-order valence-electron chi connectivity index (χ0n) is 12.7. The van der Waals surface area contributed by atoms with Crippen molar-refractivity contribution in [2.24, 2.45) is 5.92 Å². The van der Waals surface area contributed by atoms with Crippen LogP contribution >= 0.6 is 11.8 Å². The molecule has 1 aliphatic carbocycles. The van der Waals surface area contributed by atoms with Gasteiger partial charge in [-0.1, -0.05) is 45.9 Å². The van der Waals surface area contributed by atoms with Gasteiger partial charge in [-0.2, -0.15) is 0 Å². The molecule has 0 amide bonds. The molecule has 1 aliphatic rings. The average molecular weight is 289 g/mol. The highest BCUT2D eigenvalue weighted by atomic mass is 32.2. The number of rotatable bonds is 4. The van der Waals surface area contributed by atoms with Crippen molar-refractivity contribution >= 4 is 25.2 Å². The van der Waals surface area contributed by atoms with Gasteiger partial charge in [0.05, 0.1) is 12.0 Å². The van der Waals surface area contributed by atoms with E-state index >= 15 is 0 Å². The molecule has 0 aliphatic heterocycles. The van der Waals surface area contributed by atoms with E-state index in [1.807, 2.05) is 6.92 Å². The van der Waals surface area contributed by atoms with E-state index in [9.17, 15) is 4.79 Å². The van der Waals surface area contributed by atoms with Crippen molar-refractivity contribution in [2.75, 3.05) is 5.75 Å². The second-order valence-electron chi connectivity index (χ2n) is 6.71. The third-order valence-electron chi connectivity index (χ3n) is 4.29. The van der Waals surface area contributed by atoms with Crippen LogP contribution in [0.25, 0.3) is 0 Å². The van der Waals surface area contributed by atoms with Gasteiger partial charge in [0.25, 0.3) is 0 Å². The Balaban J connectivity index is 2.69. The van der Waals surface area contributed by atoms with E-state index in [1.54, 1.807) is 0 Å². The standard InChI is InChI=1S/C14H28O2SSi/c1-7-17-13(15)11-9-8-10-12(11)16-18(5,6)14(2,3)4/h11-12H,7-10H2,1-6H3/t11-,12?/m0/s1. The van der Waals surface area contributed by atoms with Crippen molar-refractivity contribution in [3.8, 4) is 0 Å². The topological polar surface area (TPSA) is 26.3 Å². The van der Waals surface area contributed by atoms with Crippen molar-refractivity contribution in [2.45, 2.75) is 71.2 Å². The van der Waals surface area contributed by atoms with Crippen LogP contribution < -0.4 is 0 Å². The molecule has 2 atom stereocenters. The Morgan fingerprint density at radius 2 is 1.94 bits per heavy atom. The van der Waals surface area contributed by atoms with E-state index in [4.69, 9.17) is 4.43 Å². The minimum absolute atomic E-state index is 0.143. The lowest BCUT2D eigenvalue weighted by atomic mass is 10.1. The van der Waals surface area contributed by atoms with Crippen molar-refractivity contribution in [1.82, 2.24) is 0 Å². The molecular formula is C14H28O2SSi. The number of hydrogen-bond donors (Lipinski definition) is 0. The summed E-state index contributed by atoms with van der Waals surface area (Å²) in [5, 5.41) is 0.569. The van der Waals surface area contributed by atoms with Gasteiger partial charge in [-0.3, -0.25) is 4.79 Å². The summed E-state index contributed by atoms with van der Waals surface area (Å²) in [5.74, 6) is 1.02. The van der Waals surface area contributed by atoms with Crippen LogP contribution in [0.3, 0.4) is 0 Å². The molecule has 0 N–H and O–H groups in total. The maximum atomic E-state index is 12.1. The number of hydrogen-bond acceptors (Lipinski definition) is 3. The lowest BCUT2D eigenvalue weighted by Gasteiger charge is -2.39. The first-order chi connectivity index (χ1) is 8.19. The predicted molar refractivity (Wildman–Crippen MR) is 82.6 cm³/mol. The molecule has 0 heterocycles. The zero-order chi connectivity index (χ0) is 14.0. The van der Waals surface area contributed by atoms with Crippen LogP contribution in [0.1, 0.15) is 47.0 Å². The SMILES string of the molecule is CCSC(=O)[C@H]1CCCC1O[Si](C)(C)C(C)(C)C. The summed E-state index contributed by atoms with van der Waals surface area (Å²) in [6.07, 6.45) is 3.40. The maximum absolute atomic E-state index is 12.1. The van der Waals surface area contributed by atoms with Crippen LogP contribution in [-0.4, -0.2) is 25.3 Å². The lowest BCUT2D eigenvalue weighted by Crippen LogP contribution is -2.45. The minimum Gasteiger partial charge on any atom is -0.413 e. The van der Waals surface area contributed by atoms with Gasteiger partial charge in [-0.05, 0) is 36.7 Å².